The van der Waals surface area contributed by atoms with Crippen molar-refractivity contribution >= 4 is 62.9 Å². The van der Waals surface area contributed by atoms with Gasteiger partial charge in [0.15, 0.2) is 11.5 Å². The monoisotopic (exact) mass is 777 g/mol. The van der Waals surface area contributed by atoms with E-state index in [-0.39, 0.29) is 16.2 Å². The summed E-state index contributed by atoms with van der Waals surface area (Å²) in [6, 6.07) is 7.85. The summed E-state index contributed by atoms with van der Waals surface area (Å²) in [7, 11) is -1.10. The van der Waals surface area contributed by atoms with Gasteiger partial charge in [-0.3, -0.25) is 0 Å². The Morgan fingerprint density at radius 3 is 2.47 bits per heavy atom. The lowest BCUT2D eigenvalue weighted by Crippen LogP contribution is -2.69. The van der Waals surface area contributed by atoms with Gasteiger partial charge in [0.05, 0.1) is 40.1 Å². The van der Waals surface area contributed by atoms with E-state index in [1.165, 1.54) is 6.42 Å². The van der Waals surface area contributed by atoms with Crippen molar-refractivity contribution in [2.45, 2.75) is 60.3 Å². The van der Waals surface area contributed by atoms with Crippen LogP contribution in [0.25, 0.3) is 5.53 Å². The van der Waals surface area contributed by atoms with Crippen LogP contribution in [-0.4, -0.2) is 67.2 Å². The Morgan fingerprint density at radius 2 is 1.80 bits per heavy atom. The van der Waals surface area contributed by atoms with Gasteiger partial charge in [-0.05, 0) is 109 Å². The molecule has 3 atom stereocenters. The average Bonchev–Trinajstić information content (AvgIpc) is 3.10. The molecule has 3 unspecified atom stereocenters. The molecule has 3 aliphatic carbocycles. The van der Waals surface area contributed by atoms with E-state index in [9.17, 15) is 10.1 Å². The second-order valence-electron chi connectivity index (χ2n) is 16.1. The standard InChI is InChI=1S/C38H49BrN7O4P/c1-22-17-26(43-35-41-21-24(39)34(44-35)42-25-9-10-28-32(50-16-15-49-28)33(25)51(7,8)47)29(48-6)18-27(22)46-13-11-23(12-14-46)38(5)30-19-37(4,36(30,2)3)20-31(38)45-40/h9-10,17-18,21,23,30H,11-16,19-20H2,1-8H3,(H2,41,42,43,44). The first-order valence-electron chi connectivity index (χ1n) is 17.8. The molecule has 2 bridgehead atoms. The van der Waals surface area contributed by atoms with Crippen molar-refractivity contribution in [2.24, 2.45) is 28.1 Å². The number of anilines is 5. The largest absolute Gasteiger partial charge is 0.494 e. The third-order valence-electron chi connectivity index (χ3n) is 12.8. The second kappa shape index (κ2) is 12.8. The van der Waals surface area contributed by atoms with E-state index < -0.39 is 7.14 Å². The van der Waals surface area contributed by atoms with Gasteiger partial charge in [0.25, 0.3) is 5.71 Å². The first-order chi connectivity index (χ1) is 24.1. The third-order valence-corrected chi connectivity index (χ3v) is 14.9. The molecular weight excluding hydrogens is 729 g/mol. The quantitative estimate of drug-likeness (QED) is 0.131. The van der Waals surface area contributed by atoms with Crippen molar-refractivity contribution in [2.75, 3.05) is 62.3 Å². The highest BCUT2D eigenvalue weighted by atomic mass is 79.9. The highest BCUT2D eigenvalue weighted by Gasteiger charge is 2.72. The zero-order chi connectivity index (χ0) is 36.5. The number of aromatic nitrogens is 2. The summed E-state index contributed by atoms with van der Waals surface area (Å²) < 4.78 is 31.7. The van der Waals surface area contributed by atoms with Crippen LogP contribution in [0, 0.1) is 35.0 Å². The molecule has 3 heterocycles. The van der Waals surface area contributed by atoms with Crippen LogP contribution in [0.5, 0.6) is 17.2 Å². The molecule has 0 radical (unpaired) electrons. The van der Waals surface area contributed by atoms with E-state index in [4.69, 9.17) is 19.2 Å². The number of methoxy groups -OCH3 is 1. The first kappa shape index (κ1) is 35.8. The number of rotatable bonds is 8. The predicted molar refractivity (Wildman–Crippen MR) is 207 cm³/mol. The van der Waals surface area contributed by atoms with Crippen molar-refractivity contribution < 1.29 is 23.6 Å². The third kappa shape index (κ3) is 5.91. The molecule has 11 nitrogen and oxygen atoms in total. The molecule has 3 saturated carbocycles. The predicted octanol–water partition coefficient (Wildman–Crippen LogP) is 8.41. The fourth-order valence-corrected chi connectivity index (χ4v) is 11.1. The zero-order valence-corrected chi connectivity index (χ0v) is 33.4. The van der Waals surface area contributed by atoms with Crippen LogP contribution in [0.2, 0.25) is 0 Å². The number of fused-ring (bicyclic) bond motifs is 3. The minimum Gasteiger partial charge on any atom is -0.494 e. The number of piperidine rings is 1. The SMILES string of the molecule is COc1cc(N2CCC(C3(C)C(=[N+]=[N-])CC4(C)CC3C4(C)C)CC2)c(C)cc1Nc1ncc(Br)c(Nc2ccc3c(c2P(C)(C)=O)OCCO3)n1. The van der Waals surface area contributed by atoms with E-state index in [1.54, 1.807) is 26.6 Å². The molecule has 2 N–H and O–H groups in total. The topological polar surface area (TPSA) is 134 Å². The number of aryl methyl sites for hydroxylation is 1. The molecule has 3 aromatic rings. The van der Waals surface area contributed by atoms with Gasteiger partial charge in [0.2, 0.25) is 5.95 Å². The van der Waals surface area contributed by atoms with E-state index in [0.29, 0.717) is 69.5 Å². The van der Waals surface area contributed by atoms with Gasteiger partial charge in [0.1, 0.15) is 31.9 Å². The maximum atomic E-state index is 13.4. The summed E-state index contributed by atoms with van der Waals surface area (Å²) in [6.07, 6.45) is 5.85. The lowest BCUT2D eigenvalue weighted by Gasteiger charge is -2.69. The number of nitrogens with zero attached hydrogens (tertiary/aromatic N) is 5. The molecule has 1 saturated heterocycles. The highest BCUT2D eigenvalue weighted by Crippen LogP contribution is 2.73. The second-order valence-corrected chi connectivity index (χ2v) is 20.1. The smallest absolute Gasteiger partial charge is 0.275 e. The zero-order valence-electron chi connectivity index (χ0n) is 30.9. The van der Waals surface area contributed by atoms with Gasteiger partial charge >= 0.3 is 0 Å². The van der Waals surface area contributed by atoms with Crippen LogP contribution >= 0.6 is 23.1 Å². The molecule has 2 aliphatic heterocycles. The maximum absolute atomic E-state index is 13.4. The number of nitrogens with one attached hydrogen (secondary N) is 2. The minimum atomic E-state index is -2.77. The van der Waals surface area contributed by atoms with E-state index >= 15 is 0 Å². The van der Waals surface area contributed by atoms with Gasteiger partial charge in [-0.2, -0.15) is 9.77 Å². The molecule has 2 aromatic carbocycles. The molecule has 5 aliphatic rings. The molecule has 51 heavy (non-hydrogen) atoms. The summed E-state index contributed by atoms with van der Waals surface area (Å²) in [5.74, 6) is 3.66. The van der Waals surface area contributed by atoms with Gasteiger partial charge < -0.3 is 39.8 Å². The minimum absolute atomic E-state index is 0.0859. The molecule has 0 amide bonds. The summed E-state index contributed by atoms with van der Waals surface area (Å²) in [6.45, 7) is 17.8. The Hall–Kier alpha value is -3.59. The van der Waals surface area contributed by atoms with Crippen LogP contribution in [0.15, 0.2) is 34.9 Å². The van der Waals surface area contributed by atoms with Gasteiger partial charge in [-0.1, -0.05) is 20.8 Å². The van der Waals surface area contributed by atoms with Crippen molar-refractivity contribution in [3.63, 3.8) is 0 Å². The average molecular weight is 779 g/mol. The van der Waals surface area contributed by atoms with E-state index in [2.05, 4.69) is 88.0 Å². The molecule has 4 fully saturated rings. The Morgan fingerprint density at radius 1 is 1.08 bits per heavy atom. The van der Waals surface area contributed by atoms with E-state index in [1.807, 2.05) is 12.1 Å². The number of hydrogen-bond acceptors (Lipinski definition) is 9. The van der Waals surface area contributed by atoms with E-state index in [0.717, 1.165) is 55.0 Å². The fourth-order valence-electron chi connectivity index (χ4n) is 9.45. The lowest BCUT2D eigenvalue weighted by molar-refractivity contribution is -0.199. The van der Waals surface area contributed by atoms with Crippen LogP contribution in [0.3, 0.4) is 0 Å². The van der Waals surface area contributed by atoms with Crippen LogP contribution < -0.4 is 35.0 Å². The number of ether oxygens (including phenoxy) is 3. The normalized spacial score (nSPS) is 25.5. The molecule has 13 heteroatoms. The molecule has 0 spiro atoms. The number of halogens is 1. The van der Waals surface area contributed by atoms with Crippen molar-refractivity contribution in [3.05, 3.63) is 46.0 Å². The lowest BCUT2D eigenvalue weighted by atomic mass is 9.32. The summed E-state index contributed by atoms with van der Waals surface area (Å²) in [4.78, 5) is 15.7. The number of benzene rings is 2. The van der Waals surface area contributed by atoms with Gasteiger partial charge in [-0.15, -0.1) is 0 Å². The van der Waals surface area contributed by atoms with Crippen molar-refractivity contribution in [1.82, 2.24) is 9.97 Å². The Bertz CT molecular complexity index is 1990. The molecule has 1 aromatic heterocycles. The molecule has 272 valence electrons. The maximum Gasteiger partial charge on any atom is 0.275 e. The molecular formula is C38H49BrN7O4P. The van der Waals surface area contributed by atoms with Crippen LogP contribution in [0.4, 0.5) is 28.8 Å². The first-order valence-corrected chi connectivity index (χ1v) is 21.2. The highest BCUT2D eigenvalue weighted by molar-refractivity contribution is 9.10. The summed E-state index contributed by atoms with van der Waals surface area (Å²) in [5.41, 5.74) is 15.1. The van der Waals surface area contributed by atoms with Crippen LogP contribution in [0.1, 0.15) is 58.9 Å². The van der Waals surface area contributed by atoms with Crippen LogP contribution in [-0.2, 0) is 4.57 Å². The summed E-state index contributed by atoms with van der Waals surface area (Å²) in [5, 5.41) is 7.31. The Kier molecular flexibility index (Phi) is 9.00. The Labute approximate surface area is 309 Å². The summed E-state index contributed by atoms with van der Waals surface area (Å²) >= 11 is 3.58. The number of hydrogen-bond donors (Lipinski definition) is 2. The molecule has 8 rings (SSSR count). The Balaban J connectivity index is 1.09. The van der Waals surface area contributed by atoms with Gasteiger partial charge in [0, 0.05) is 31.0 Å². The van der Waals surface area contributed by atoms with Gasteiger partial charge in [-0.25, -0.2) is 4.98 Å². The van der Waals surface area contributed by atoms with Crippen molar-refractivity contribution in [1.29, 1.82) is 0 Å². The fraction of sp³-hybridized carbons (Fsp3) is 0.553. The van der Waals surface area contributed by atoms with Crippen molar-refractivity contribution in [3.8, 4) is 17.2 Å².